The van der Waals surface area contributed by atoms with Crippen molar-refractivity contribution in [2.24, 2.45) is 22.6 Å². The van der Waals surface area contributed by atoms with Gasteiger partial charge >= 0.3 is 0 Å². The minimum Gasteiger partial charge on any atom is -0.457 e. The number of ether oxygens (including phenoxy) is 2. The number of allylic oxidation sites excluding steroid dienone is 3. The molecule has 1 saturated heterocycles. The van der Waals surface area contributed by atoms with Crippen LogP contribution >= 0.6 is 0 Å². The van der Waals surface area contributed by atoms with Gasteiger partial charge in [-0.2, -0.15) is 0 Å². The standard InChI is InChI=1S/C40H42FN7O3/c1-4-37(49)48-20-16-28(17-21-48)33-12-10-26(2)27(3)39-38(33)40(46-25-45-39)47-35-13-11-31(23-34(35)41)51-36(42)15-18-43-24-29-22-32(14-19-44-29)50-30-8-6-5-7-9-30/h4-9,11-15,18-19,22-23,25-28H,1,10,16-17,20-21,24,42H2,2-3H3,(H,45,46,47). The number of carbonyl (C=O) groups is 1. The van der Waals surface area contributed by atoms with Crippen LogP contribution in [0.25, 0.3) is 5.57 Å². The topological polar surface area (TPSA) is 128 Å². The van der Waals surface area contributed by atoms with Crippen LogP contribution in [-0.4, -0.2) is 45.1 Å². The highest BCUT2D eigenvalue weighted by Crippen LogP contribution is 2.44. The molecule has 1 fully saturated rings. The normalized spacial score (nSPS) is 18.1. The van der Waals surface area contributed by atoms with Crippen molar-refractivity contribution in [1.29, 1.82) is 0 Å². The number of anilines is 2. The van der Waals surface area contributed by atoms with Crippen LogP contribution in [0, 0.1) is 17.7 Å². The number of hydrogen-bond acceptors (Lipinski definition) is 9. The average Bonchev–Trinajstić information content (AvgIpc) is 3.27. The van der Waals surface area contributed by atoms with Gasteiger partial charge in [0, 0.05) is 55.2 Å². The molecule has 4 aromatic rings. The van der Waals surface area contributed by atoms with Crippen LogP contribution in [0.5, 0.6) is 17.2 Å². The van der Waals surface area contributed by atoms with Crippen LogP contribution in [0.15, 0.2) is 109 Å². The Labute approximate surface area is 297 Å². The van der Waals surface area contributed by atoms with Gasteiger partial charge in [-0.25, -0.2) is 14.4 Å². The van der Waals surface area contributed by atoms with E-state index in [0.717, 1.165) is 47.5 Å². The summed E-state index contributed by atoms with van der Waals surface area (Å²) in [6.07, 6.45) is 12.4. The van der Waals surface area contributed by atoms with Crippen molar-refractivity contribution in [2.75, 3.05) is 18.4 Å². The zero-order valence-corrected chi connectivity index (χ0v) is 28.8. The van der Waals surface area contributed by atoms with Crippen molar-refractivity contribution in [3.8, 4) is 17.2 Å². The van der Waals surface area contributed by atoms with Gasteiger partial charge in [0.1, 0.15) is 35.2 Å². The molecule has 3 N–H and O–H groups in total. The van der Waals surface area contributed by atoms with Crippen LogP contribution in [-0.2, 0) is 11.3 Å². The quantitative estimate of drug-likeness (QED) is 0.0924. The van der Waals surface area contributed by atoms with E-state index in [1.54, 1.807) is 24.4 Å². The lowest BCUT2D eigenvalue weighted by molar-refractivity contribution is -0.127. The molecule has 6 rings (SSSR count). The molecule has 0 spiro atoms. The fourth-order valence-electron chi connectivity index (χ4n) is 6.38. The fraction of sp³-hybridized carbons (Fsp3) is 0.275. The van der Waals surface area contributed by atoms with Crippen molar-refractivity contribution in [1.82, 2.24) is 19.9 Å². The number of likely N-dealkylation sites (tertiary alicyclic amines) is 1. The predicted molar refractivity (Wildman–Crippen MR) is 197 cm³/mol. The minimum absolute atomic E-state index is 0.0465. The Morgan fingerprint density at radius 3 is 2.63 bits per heavy atom. The minimum atomic E-state index is -0.526. The summed E-state index contributed by atoms with van der Waals surface area (Å²) in [6.45, 7) is 9.64. The van der Waals surface area contributed by atoms with Crippen molar-refractivity contribution in [3.63, 3.8) is 0 Å². The van der Waals surface area contributed by atoms with Crippen molar-refractivity contribution in [2.45, 2.75) is 45.6 Å². The number of para-hydroxylation sites is 1. The molecule has 262 valence electrons. The molecule has 0 radical (unpaired) electrons. The maximum absolute atomic E-state index is 15.6. The first-order valence-corrected chi connectivity index (χ1v) is 17.1. The molecule has 1 amide bonds. The summed E-state index contributed by atoms with van der Waals surface area (Å²) >= 11 is 0. The first-order valence-electron chi connectivity index (χ1n) is 17.1. The molecular formula is C40H42FN7O3. The summed E-state index contributed by atoms with van der Waals surface area (Å²) in [7, 11) is 0. The maximum atomic E-state index is 15.6. The molecule has 11 heteroatoms. The molecule has 51 heavy (non-hydrogen) atoms. The van der Waals surface area contributed by atoms with E-state index in [1.807, 2.05) is 41.3 Å². The SMILES string of the molecule is C=CC(=O)N1CCC(C2=CCC(C)C(C)c3ncnc(Nc4ccc(OC(N)=CC=NCc5cc(Oc6ccccc6)ccn5)cc4F)c32)CC1. The van der Waals surface area contributed by atoms with Gasteiger partial charge < -0.3 is 25.4 Å². The average molecular weight is 688 g/mol. The second kappa shape index (κ2) is 16.2. The third kappa shape index (κ3) is 8.67. The summed E-state index contributed by atoms with van der Waals surface area (Å²) in [5.74, 6) is 2.41. The molecule has 2 aromatic heterocycles. The second-order valence-electron chi connectivity index (χ2n) is 12.8. The van der Waals surface area contributed by atoms with E-state index in [2.05, 4.69) is 46.8 Å². The highest BCUT2D eigenvalue weighted by atomic mass is 19.1. The summed E-state index contributed by atoms with van der Waals surface area (Å²) < 4.78 is 27.1. The lowest BCUT2D eigenvalue weighted by atomic mass is 9.83. The Balaban J connectivity index is 1.12. The molecule has 2 aliphatic rings. The van der Waals surface area contributed by atoms with Gasteiger partial charge in [0.2, 0.25) is 5.91 Å². The van der Waals surface area contributed by atoms with E-state index in [-0.39, 0.29) is 35.1 Å². The smallest absolute Gasteiger partial charge is 0.245 e. The van der Waals surface area contributed by atoms with E-state index < -0.39 is 5.82 Å². The number of aromatic nitrogens is 3. The highest BCUT2D eigenvalue weighted by molar-refractivity contribution is 5.87. The van der Waals surface area contributed by atoms with Gasteiger partial charge in [-0.05, 0) is 73.1 Å². The molecular weight excluding hydrogens is 645 g/mol. The van der Waals surface area contributed by atoms with Gasteiger partial charge in [-0.15, -0.1) is 0 Å². The molecule has 0 saturated carbocycles. The Hall–Kier alpha value is -5.84. The van der Waals surface area contributed by atoms with Crippen LogP contribution in [0.4, 0.5) is 15.9 Å². The fourth-order valence-corrected chi connectivity index (χ4v) is 6.38. The summed E-state index contributed by atoms with van der Waals surface area (Å²) in [5, 5.41) is 3.24. The summed E-state index contributed by atoms with van der Waals surface area (Å²) in [4.78, 5) is 32.1. The predicted octanol–water partition coefficient (Wildman–Crippen LogP) is 7.95. The number of benzene rings is 2. The van der Waals surface area contributed by atoms with E-state index in [1.165, 1.54) is 30.8 Å². The number of amides is 1. The third-order valence-electron chi connectivity index (χ3n) is 9.37. The van der Waals surface area contributed by atoms with Crippen LogP contribution in [0.1, 0.15) is 56.0 Å². The molecule has 3 heterocycles. The number of halogens is 1. The number of carbonyl (C=O) groups excluding carboxylic acids is 1. The zero-order chi connectivity index (χ0) is 35.7. The number of rotatable bonds is 11. The van der Waals surface area contributed by atoms with Gasteiger partial charge in [-0.3, -0.25) is 14.8 Å². The Bertz CT molecular complexity index is 1950. The molecule has 2 atom stereocenters. The number of nitrogens with two attached hydrogens (primary N) is 1. The van der Waals surface area contributed by atoms with Crippen molar-refractivity contribution in [3.05, 3.63) is 127 Å². The molecule has 10 nitrogen and oxygen atoms in total. The maximum Gasteiger partial charge on any atom is 0.245 e. The molecule has 2 unspecified atom stereocenters. The molecule has 2 aromatic carbocycles. The summed E-state index contributed by atoms with van der Waals surface area (Å²) in [6, 6.07) is 17.6. The van der Waals surface area contributed by atoms with Gasteiger partial charge in [-0.1, -0.05) is 44.7 Å². The number of pyridine rings is 1. The summed E-state index contributed by atoms with van der Waals surface area (Å²) in [5.41, 5.74) is 10.0. The van der Waals surface area contributed by atoms with Crippen molar-refractivity contribution >= 4 is 29.2 Å². The lowest BCUT2D eigenvalue weighted by Gasteiger charge is -2.33. The van der Waals surface area contributed by atoms with E-state index >= 15 is 4.39 Å². The zero-order valence-electron chi connectivity index (χ0n) is 28.8. The van der Waals surface area contributed by atoms with E-state index in [0.29, 0.717) is 37.1 Å². The van der Waals surface area contributed by atoms with E-state index in [9.17, 15) is 4.79 Å². The monoisotopic (exact) mass is 687 g/mol. The number of hydrogen-bond donors (Lipinski definition) is 2. The Kier molecular flexibility index (Phi) is 11.1. The molecule has 0 bridgehead atoms. The van der Waals surface area contributed by atoms with E-state index in [4.69, 9.17) is 20.2 Å². The number of piperidine rings is 1. The number of aliphatic imine (C=N–C) groups is 1. The lowest BCUT2D eigenvalue weighted by Crippen LogP contribution is -2.37. The van der Waals surface area contributed by atoms with Crippen molar-refractivity contribution < 1.29 is 18.7 Å². The number of fused-ring (bicyclic) bond motifs is 1. The Morgan fingerprint density at radius 1 is 1.06 bits per heavy atom. The Morgan fingerprint density at radius 2 is 1.86 bits per heavy atom. The third-order valence-corrected chi connectivity index (χ3v) is 9.37. The first-order chi connectivity index (χ1) is 24.8. The molecule has 1 aliphatic carbocycles. The van der Waals surface area contributed by atoms with Crippen LogP contribution in [0.3, 0.4) is 0 Å². The van der Waals surface area contributed by atoms with Crippen LogP contribution in [0.2, 0.25) is 0 Å². The highest BCUT2D eigenvalue weighted by Gasteiger charge is 2.32. The van der Waals surface area contributed by atoms with Gasteiger partial charge in [0.15, 0.2) is 5.88 Å². The number of nitrogens with one attached hydrogen (secondary N) is 1. The largest absolute Gasteiger partial charge is 0.457 e. The van der Waals surface area contributed by atoms with Gasteiger partial charge in [0.25, 0.3) is 0 Å². The first kappa shape index (κ1) is 35.0. The van der Waals surface area contributed by atoms with Gasteiger partial charge in [0.05, 0.1) is 23.6 Å². The molecule has 1 aliphatic heterocycles. The number of nitrogens with zero attached hydrogens (tertiary/aromatic N) is 5. The second-order valence-corrected chi connectivity index (χ2v) is 12.8. The van der Waals surface area contributed by atoms with Crippen LogP contribution < -0.4 is 20.5 Å².